The zero-order valence-corrected chi connectivity index (χ0v) is 80.6. The zero-order valence-electron chi connectivity index (χ0n) is 111. The first-order chi connectivity index (χ1) is 62.9. The Kier molecular flexibility index (Phi) is 25.2. The van der Waals surface area contributed by atoms with Crippen LogP contribution in [-0.2, 0) is 62.4 Å². The molecule has 3 unspecified atom stereocenters. The van der Waals surface area contributed by atoms with E-state index in [1.165, 1.54) is 34.9 Å². The van der Waals surface area contributed by atoms with Crippen molar-refractivity contribution in [3.63, 3.8) is 0 Å². The van der Waals surface area contributed by atoms with Crippen LogP contribution >= 0.6 is 0 Å². The van der Waals surface area contributed by atoms with E-state index in [-0.39, 0.29) is 72.3 Å². The van der Waals surface area contributed by atoms with Crippen LogP contribution in [0, 0.1) is 28.6 Å². The molecule has 0 amide bonds. The van der Waals surface area contributed by atoms with Gasteiger partial charge in [-0.3, -0.25) is 0 Å². The molecule has 3 atom stereocenters. The molecule has 0 aliphatic carbocycles. The van der Waals surface area contributed by atoms with Crippen molar-refractivity contribution >= 4 is 0 Å². The smallest absolute Gasteiger partial charge is 0.0355 e. The molecule has 0 spiro atoms. The van der Waals surface area contributed by atoms with Crippen molar-refractivity contribution in [1.82, 2.24) is 0 Å². The lowest BCUT2D eigenvalue weighted by molar-refractivity contribution is 0.334. The van der Waals surface area contributed by atoms with Crippen LogP contribution in [0.2, 0.25) is 0 Å². The van der Waals surface area contributed by atoms with E-state index >= 15 is 0 Å². The lowest BCUT2D eigenvalue weighted by Crippen LogP contribution is -2.24. The maximum atomic E-state index is 9.07. The SMILES string of the molecule is [2H]C(C)(C)c1cccc(C(C)(C)C)c1C(C)(C)C.[2H]C(C)(C)c1ccccc1C(C)(C)C.[2H]C([2H])([2H])C([2H])(c1cccc(C([2H])(C([2H])([2H])[2H])C([2H])([2H])C)c1C(C)(C)C)C([2H])([2H])[2H].[2H]C([2H])([2H])C([2H])(c1ccccc1C(C)(C)C)C([2H])([2H])[2H].[2H]C([2H])(c1cccc(C([2H])(C)C(C)(C)C)c1C(C)(C)C)C(C)(C)C.[2H]C([2H])(c1cccc(C([2H])(C)C(C)C)c1C(C)(C)C)C(C)C.[2H]C([2H])(c1ccccc1C(C)(C)C)C(C)C. The predicted molar refractivity (Wildman–Crippen MR) is 521 cm³/mol. The summed E-state index contributed by atoms with van der Waals surface area (Å²) in [7, 11) is 0. The number of hydrogen-bond donors (Lipinski definition) is 0. The van der Waals surface area contributed by atoms with Crippen LogP contribution in [0.5, 0.6) is 0 Å². The van der Waals surface area contributed by atoms with E-state index in [2.05, 4.69) is 196 Å². The van der Waals surface area contributed by atoms with E-state index < -0.39 is 123 Å². The lowest BCUT2D eigenvalue weighted by Gasteiger charge is -2.35. The fourth-order valence-corrected chi connectivity index (χ4v) is 13.8. The minimum absolute atomic E-state index is 0.0150. The zero-order chi connectivity index (χ0) is 115. The van der Waals surface area contributed by atoms with Gasteiger partial charge in [-0.2, -0.15) is 0 Å². The van der Waals surface area contributed by atoms with E-state index in [1.54, 1.807) is 39.0 Å². The summed E-state index contributed by atoms with van der Waals surface area (Å²) in [5.41, 5.74) is 10.8. The molecule has 7 aromatic rings. The minimum Gasteiger partial charge on any atom is -0.0648 e. The van der Waals surface area contributed by atoms with E-state index in [4.69, 9.17) is 41.1 Å². The molecule has 0 heteroatoms. The molecule has 642 valence electrons. The highest BCUT2D eigenvalue weighted by Crippen LogP contribution is 2.45. The first kappa shape index (κ1) is 65.4. The van der Waals surface area contributed by atoms with Crippen LogP contribution in [0.3, 0.4) is 0 Å². The van der Waals surface area contributed by atoms with Crippen LogP contribution in [-0.4, -0.2) is 0 Å². The van der Waals surface area contributed by atoms with Crippen molar-refractivity contribution in [2.24, 2.45) is 28.6 Å². The molecule has 0 radical (unpaired) electrons. The average Bonchev–Trinajstić information content (AvgIpc) is 0.702. The molecule has 0 fully saturated rings. The summed E-state index contributed by atoms with van der Waals surface area (Å²) in [4.78, 5) is 0. The third-order valence-corrected chi connectivity index (χ3v) is 19.6. The van der Waals surface area contributed by atoms with Crippen molar-refractivity contribution in [1.29, 1.82) is 0 Å². The molecule has 0 bridgehead atoms. The quantitative estimate of drug-likeness (QED) is 0.102. The molecule has 7 aromatic carbocycles. The molecule has 0 nitrogen and oxygen atoms in total. The van der Waals surface area contributed by atoms with Gasteiger partial charge in [0.05, 0.1) is 0 Å². The number of benzene rings is 7. The van der Waals surface area contributed by atoms with Crippen LogP contribution in [0.25, 0.3) is 0 Å². The first-order valence-corrected chi connectivity index (χ1v) is 41.8. The maximum Gasteiger partial charge on any atom is 0.0355 e. The molecule has 0 aliphatic heterocycles. The van der Waals surface area contributed by atoms with Gasteiger partial charge in [-0.05, 0) is 239 Å². The highest BCUT2D eigenvalue weighted by Gasteiger charge is 2.33. The second kappa shape index (κ2) is 44.0. The second-order valence-electron chi connectivity index (χ2n) is 42.6. The molecule has 0 N–H and O–H groups in total. The van der Waals surface area contributed by atoms with Gasteiger partial charge in [0.15, 0.2) is 0 Å². The van der Waals surface area contributed by atoms with Crippen molar-refractivity contribution in [3.8, 4) is 0 Å². The summed E-state index contributed by atoms with van der Waals surface area (Å²) in [5, 5.41) is 0. The van der Waals surface area contributed by atoms with Crippen molar-refractivity contribution < 1.29 is 41.1 Å². The molecule has 0 aliphatic rings. The molecule has 7 rings (SSSR count). The van der Waals surface area contributed by atoms with Crippen LogP contribution < -0.4 is 0 Å². The van der Waals surface area contributed by atoms with Gasteiger partial charge in [0.2, 0.25) is 0 Å². The monoisotopic (exact) mass is 1590 g/mol. The molecular formula is C114H186. The summed E-state index contributed by atoms with van der Waals surface area (Å²) in [6.07, 6.45) is -6.74. The first-order valence-electron chi connectivity index (χ1n) is 56.8. The van der Waals surface area contributed by atoms with Gasteiger partial charge in [-0.15, -0.1) is 0 Å². The third kappa shape index (κ3) is 34.8. The Balaban J connectivity index is 0.000000850. The van der Waals surface area contributed by atoms with Crippen LogP contribution in [0.4, 0.5) is 0 Å². The second-order valence-corrected chi connectivity index (χ2v) is 42.6. The Hall–Kier alpha value is -5.46. The Morgan fingerprint density at radius 2 is 0.588 bits per heavy atom. The fourth-order valence-electron chi connectivity index (χ4n) is 13.8. The standard InChI is InChI=1S/C21H36.C19H32.2C17H28.C14H22.2C13H20/c1-15(20(5,6)7)17-13-11-12-16(14-19(2,3)4)18(17)21(8,9)10;1-13(2)12-16-10-9-11-17(15(5)14(3)4)18(16)19(6,7)8;1-12(2)13-10-9-11-14(16(3,4)5)15(13)17(6,7)8;1-8-13(4)15-11-9-10-14(12(2)3)16(15)17(5,6)7;1-11(2)10-12-8-6-7-9-13(12)14(3,4)5;2*1-10(2)11-8-6-7-9-12(11)13(3,4)5/h11-13,15H,14H2,1-10H3;9-11,13-15H,12H2,1-8H3;9-12H,1-8H3;9-13H,8H2,1-7H3;6-9,11H,10H2,1-5H3;2*6-10H,1-5H3/i14D2,15D;12D2,15D;12D;2D3,3D3,4D3,8D2,12D,13D;10D2;1D3,2D3,10D;10D. The molecule has 0 heterocycles. The van der Waals surface area contributed by atoms with E-state index in [1.807, 2.05) is 178 Å². The highest BCUT2D eigenvalue weighted by atomic mass is 14.4. The molecule has 114 heavy (non-hydrogen) atoms. The summed E-state index contributed by atoms with van der Waals surface area (Å²) in [5.74, 6) is -11.2. The van der Waals surface area contributed by atoms with Gasteiger partial charge in [0, 0.05) is 41.1 Å². The molecule has 0 saturated carbocycles. The van der Waals surface area contributed by atoms with E-state index in [0.717, 1.165) is 68.6 Å². The number of rotatable bonds is 14. The highest BCUT2D eigenvalue weighted by molar-refractivity contribution is 5.48. The van der Waals surface area contributed by atoms with Gasteiger partial charge in [0.1, 0.15) is 0 Å². The predicted octanol–water partition coefficient (Wildman–Crippen LogP) is 36.1. The van der Waals surface area contributed by atoms with Crippen molar-refractivity contribution in [3.05, 3.63) is 246 Å². The average molecular weight is 1590 g/mol. The molecule has 0 aromatic heterocycles. The Bertz CT molecular complexity index is 5040. The minimum atomic E-state index is -3.31. The summed E-state index contributed by atoms with van der Waals surface area (Å²) < 4.78 is 243. The molecular weight excluding hydrogens is 1370 g/mol. The normalized spacial score (nSPS) is 19.6. The Morgan fingerprint density at radius 1 is 0.281 bits per heavy atom. The third-order valence-electron chi connectivity index (χ3n) is 19.6. The van der Waals surface area contributed by atoms with Crippen molar-refractivity contribution in [2.75, 3.05) is 0 Å². The molecule has 0 saturated heterocycles. The Labute approximate surface area is 754 Å². The van der Waals surface area contributed by atoms with Gasteiger partial charge in [0.25, 0.3) is 0 Å². The van der Waals surface area contributed by atoms with Gasteiger partial charge < -0.3 is 0 Å². The van der Waals surface area contributed by atoms with Crippen LogP contribution in [0.1, 0.15) is 521 Å². The summed E-state index contributed by atoms with van der Waals surface area (Å²) >= 11 is 0. The van der Waals surface area contributed by atoms with Gasteiger partial charge in [-0.1, -0.05) is 478 Å². The van der Waals surface area contributed by atoms with Gasteiger partial charge >= 0.3 is 0 Å². The maximum absolute atomic E-state index is 9.07. The number of hydrogen-bond acceptors (Lipinski definition) is 0. The van der Waals surface area contributed by atoms with E-state index in [9.17, 15) is 0 Å². The largest absolute Gasteiger partial charge is 0.0648 e. The lowest BCUT2D eigenvalue weighted by atomic mass is 9.69. The fraction of sp³-hybridized carbons (Fsp3) is 0.632. The van der Waals surface area contributed by atoms with Gasteiger partial charge in [-0.25, -0.2) is 0 Å². The van der Waals surface area contributed by atoms with Crippen molar-refractivity contribution in [2.45, 2.75) is 442 Å². The van der Waals surface area contributed by atoms with E-state index in [0.29, 0.717) is 5.56 Å². The Morgan fingerprint density at radius 3 is 0.947 bits per heavy atom. The summed E-state index contributed by atoms with van der Waals surface area (Å²) in [6, 6.07) is 44.2. The van der Waals surface area contributed by atoms with Crippen LogP contribution in [0.15, 0.2) is 146 Å². The summed E-state index contributed by atoms with van der Waals surface area (Å²) in [6.45, 7) is 70.3. The topological polar surface area (TPSA) is 0 Å².